The van der Waals surface area contributed by atoms with Gasteiger partial charge in [0, 0.05) is 31.2 Å². The Bertz CT molecular complexity index is 958. The van der Waals surface area contributed by atoms with Gasteiger partial charge in [-0.25, -0.2) is 4.79 Å². The van der Waals surface area contributed by atoms with Crippen LogP contribution < -0.4 is 5.32 Å². The lowest BCUT2D eigenvalue weighted by Gasteiger charge is -2.31. The molecule has 0 unspecified atom stereocenters. The van der Waals surface area contributed by atoms with Crippen molar-refractivity contribution in [2.45, 2.75) is 58.2 Å². The molecule has 33 heavy (non-hydrogen) atoms. The standard InChI is InChI=1S/C28H38N2O3/c1-20-11-21(9-10-27(32)33)13-23(12-20)18-30(4)19-26(31)17-29-28(2,3)16-22-14-24-7-5-6-8-25(24)15-22/h5-13,22,26,29,31H,14-19H2,1-4H3,(H,32,33)/b10-9+/t26-/m1/s1. The molecule has 0 bridgehead atoms. The van der Waals surface area contributed by atoms with Crippen LogP contribution >= 0.6 is 0 Å². The number of hydrogen-bond donors (Lipinski definition) is 3. The molecule has 0 amide bonds. The topological polar surface area (TPSA) is 72.8 Å². The van der Waals surface area contributed by atoms with E-state index >= 15 is 0 Å². The van der Waals surface area contributed by atoms with E-state index in [0.717, 1.165) is 42.0 Å². The molecule has 0 radical (unpaired) electrons. The number of aryl methyl sites for hydroxylation is 1. The molecule has 0 saturated carbocycles. The number of β-amino-alcohol motifs (C(OH)–C–C–N with tert-alkyl or cyclic N) is 1. The lowest BCUT2D eigenvalue weighted by molar-refractivity contribution is -0.131. The molecule has 178 valence electrons. The zero-order valence-corrected chi connectivity index (χ0v) is 20.3. The first-order valence-electron chi connectivity index (χ1n) is 11.8. The van der Waals surface area contributed by atoms with Gasteiger partial charge in [-0.1, -0.05) is 48.0 Å². The van der Waals surface area contributed by atoms with Crippen LogP contribution in [0.3, 0.4) is 0 Å². The predicted molar refractivity (Wildman–Crippen MR) is 134 cm³/mol. The van der Waals surface area contributed by atoms with Crippen LogP contribution in [0.4, 0.5) is 0 Å². The number of rotatable bonds is 11. The first-order valence-corrected chi connectivity index (χ1v) is 11.8. The minimum Gasteiger partial charge on any atom is -0.478 e. The molecule has 5 heteroatoms. The molecule has 2 aromatic rings. The third-order valence-corrected chi connectivity index (χ3v) is 6.30. The summed E-state index contributed by atoms with van der Waals surface area (Å²) in [6, 6.07) is 14.8. The molecule has 1 aliphatic carbocycles. The van der Waals surface area contributed by atoms with E-state index in [1.165, 1.54) is 11.1 Å². The molecular weight excluding hydrogens is 412 g/mol. The third-order valence-electron chi connectivity index (χ3n) is 6.30. The van der Waals surface area contributed by atoms with Crippen molar-refractivity contribution in [1.29, 1.82) is 0 Å². The molecule has 0 fully saturated rings. The average Bonchev–Trinajstić information content (AvgIpc) is 3.12. The molecule has 1 atom stereocenters. The molecule has 0 aromatic heterocycles. The molecule has 3 rings (SSSR count). The largest absolute Gasteiger partial charge is 0.478 e. The van der Waals surface area contributed by atoms with Gasteiger partial charge in [-0.2, -0.15) is 0 Å². The number of carbonyl (C=O) groups is 1. The summed E-state index contributed by atoms with van der Waals surface area (Å²) in [6.07, 6.45) is 5.68. The van der Waals surface area contributed by atoms with Crippen LogP contribution in [0, 0.1) is 12.8 Å². The van der Waals surface area contributed by atoms with E-state index in [2.05, 4.69) is 54.4 Å². The second kappa shape index (κ2) is 11.1. The van der Waals surface area contributed by atoms with Gasteiger partial charge in [0.15, 0.2) is 0 Å². The first kappa shape index (κ1) is 25.2. The van der Waals surface area contributed by atoms with E-state index in [4.69, 9.17) is 5.11 Å². The average molecular weight is 451 g/mol. The van der Waals surface area contributed by atoms with Crippen LogP contribution in [0.15, 0.2) is 48.5 Å². The van der Waals surface area contributed by atoms with Gasteiger partial charge in [0.2, 0.25) is 0 Å². The second-order valence-electron chi connectivity index (χ2n) is 10.3. The Hall–Kier alpha value is -2.47. The highest BCUT2D eigenvalue weighted by molar-refractivity contribution is 5.85. The molecule has 0 saturated heterocycles. The van der Waals surface area contributed by atoms with Crippen LogP contribution in [0.1, 0.15) is 48.1 Å². The first-order chi connectivity index (χ1) is 15.6. The lowest BCUT2D eigenvalue weighted by Crippen LogP contribution is -2.47. The second-order valence-corrected chi connectivity index (χ2v) is 10.3. The van der Waals surface area contributed by atoms with Crippen molar-refractivity contribution in [3.63, 3.8) is 0 Å². The van der Waals surface area contributed by atoms with Gasteiger partial charge in [0.05, 0.1) is 6.10 Å². The number of nitrogens with one attached hydrogen (secondary N) is 1. The van der Waals surface area contributed by atoms with Crippen molar-refractivity contribution in [2.24, 2.45) is 5.92 Å². The summed E-state index contributed by atoms with van der Waals surface area (Å²) in [6.45, 7) is 8.27. The van der Waals surface area contributed by atoms with Crippen molar-refractivity contribution in [1.82, 2.24) is 10.2 Å². The van der Waals surface area contributed by atoms with Crippen LogP contribution in [0.2, 0.25) is 0 Å². The molecule has 5 nitrogen and oxygen atoms in total. The van der Waals surface area contributed by atoms with Crippen molar-refractivity contribution in [2.75, 3.05) is 20.1 Å². The van der Waals surface area contributed by atoms with Gasteiger partial charge >= 0.3 is 5.97 Å². The molecule has 3 N–H and O–H groups in total. The fourth-order valence-corrected chi connectivity index (χ4v) is 5.03. The number of benzene rings is 2. The quantitative estimate of drug-likeness (QED) is 0.450. The molecule has 2 aromatic carbocycles. The van der Waals surface area contributed by atoms with Crippen molar-refractivity contribution < 1.29 is 15.0 Å². The predicted octanol–water partition coefficient (Wildman–Crippen LogP) is 4.06. The van der Waals surface area contributed by atoms with E-state index in [1.807, 2.05) is 26.1 Å². The fourth-order valence-electron chi connectivity index (χ4n) is 5.03. The number of likely N-dealkylation sites (N-methyl/N-ethyl adjacent to an activating group) is 1. The maximum absolute atomic E-state index is 10.8. The highest BCUT2D eigenvalue weighted by Gasteiger charge is 2.28. The highest BCUT2D eigenvalue weighted by atomic mass is 16.4. The van der Waals surface area contributed by atoms with Gasteiger partial charge in [-0.15, -0.1) is 0 Å². The zero-order valence-electron chi connectivity index (χ0n) is 20.3. The Morgan fingerprint density at radius 2 is 1.88 bits per heavy atom. The van der Waals surface area contributed by atoms with E-state index in [9.17, 15) is 9.90 Å². The number of carboxylic acid groups (broad SMARTS) is 1. The van der Waals surface area contributed by atoms with Gasteiger partial charge < -0.3 is 15.5 Å². The molecule has 0 heterocycles. The van der Waals surface area contributed by atoms with Crippen LogP contribution in [0.25, 0.3) is 6.08 Å². The van der Waals surface area contributed by atoms with Crippen LogP contribution in [-0.2, 0) is 24.2 Å². The fraction of sp³-hybridized carbons (Fsp3) is 0.464. The van der Waals surface area contributed by atoms with E-state index in [-0.39, 0.29) is 5.54 Å². The monoisotopic (exact) mass is 450 g/mol. The molecular formula is C28H38N2O3. The van der Waals surface area contributed by atoms with E-state index in [0.29, 0.717) is 25.6 Å². The number of carboxylic acids is 1. The van der Waals surface area contributed by atoms with E-state index in [1.54, 1.807) is 6.08 Å². The summed E-state index contributed by atoms with van der Waals surface area (Å²) in [5.74, 6) is -0.304. The summed E-state index contributed by atoms with van der Waals surface area (Å²) in [5, 5.41) is 23.1. The highest BCUT2D eigenvalue weighted by Crippen LogP contribution is 2.31. The molecule has 1 aliphatic rings. The zero-order chi connectivity index (χ0) is 24.0. The van der Waals surface area contributed by atoms with Crippen molar-refractivity contribution >= 4 is 12.0 Å². The van der Waals surface area contributed by atoms with Crippen LogP contribution in [-0.4, -0.2) is 52.9 Å². The number of hydrogen-bond acceptors (Lipinski definition) is 4. The maximum Gasteiger partial charge on any atom is 0.328 e. The minimum atomic E-state index is -0.953. The summed E-state index contributed by atoms with van der Waals surface area (Å²) >= 11 is 0. The number of fused-ring (bicyclic) bond motifs is 1. The Balaban J connectivity index is 1.45. The summed E-state index contributed by atoms with van der Waals surface area (Å²) in [4.78, 5) is 12.9. The number of aliphatic carboxylic acids is 1. The number of aliphatic hydroxyl groups is 1. The SMILES string of the molecule is Cc1cc(/C=C/C(=O)O)cc(CN(C)C[C@H](O)CNC(C)(C)CC2Cc3ccccc3C2)c1. The Morgan fingerprint density at radius 1 is 1.21 bits per heavy atom. The lowest BCUT2D eigenvalue weighted by atomic mass is 9.88. The normalized spacial score (nSPS) is 15.3. The van der Waals surface area contributed by atoms with E-state index < -0.39 is 12.1 Å². The summed E-state index contributed by atoms with van der Waals surface area (Å²) in [5.41, 5.74) is 6.00. The van der Waals surface area contributed by atoms with Crippen molar-refractivity contribution in [3.05, 3.63) is 76.4 Å². The maximum atomic E-state index is 10.8. The van der Waals surface area contributed by atoms with Gasteiger partial charge in [0.25, 0.3) is 0 Å². The van der Waals surface area contributed by atoms with Crippen molar-refractivity contribution in [3.8, 4) is 0 Å². The Morgan fingerprint density at radius 3 is 2.52 bits per heavy atom. The third kappa shape index (κ3) is 8.11. The molecule has 0 aliphatic heterocycles. The van der Waals surface area contributed by atoms with Gasteiger partial charge in [0.1, 0.15) is 0 Å². The summed E-state index contributed by atoms with van der Waals surface area (Å²) < 4.78 is 0. The minimum absolute atomic E-state index is 0.0336. The van der Waals surface area contributed by atoms with Gasteiger partial charge in [-0.3, -0.25) is 4.90 Å². The Labute approximate surface area is 198 Å². The summed E-state index contributed by atoms with van der Waals surface area (Å²) in [7, 11) is 2.00. The Kier molecular flexibility index (Phi) is 8.46. The van der Waals surface area contributed by atoms with Gasteiger partial charge in [-0.05, 0) is 81.3 Å². The number of aliphatic hydroxyl groups excluding tert-OH is 1. The smallest absolute Gasteiger partial charge is 0.328 e. The van der Waals surface area contributed by atoms with Crippen LogP contribution in [0.5, 0.6) is 0 Å². The molecule has 0 spiro atoms. The number of nitrogens with zero attached hydrogens (tertiary/aromatic N) is 1.